The van der Waals surface area contributed by atoms with Gasteiger partial charge in [-0.3, -0.25) is 4.79 Å². The summed E-state index contributed by atoms with van der Waals surface area (Å²) in [6.07, 6.45) is 0.564. The van der Waals surface area contributed by atoms with Crippen LogP contribution < -0.4 is 0 Å². The van der Waals surface area contributed by atoms with Crippen LogP contribution in [0.4, 0.5) is 0 Å². The molecule has 0 saturated heterocycles. The number of thioether (sulfide) groups is 1. The number of benzene rings is 1. The predicted octanol–water partition coefficient (Wildman–Crippen LogP) is 4.82. The number of ketones is 1. The molecule has 0 aliphatic carbocycles. The zero-order valence-electron chi connectivity index (χ0n) is 8.85. The summed E-state index contributed by atoms with van der Waals surface area (Å²) in [7, 11) is 0. The highest BCUT2D eigenvalue weighted by Gasteiger charge is 2.27. The molecule has 0 bridgehead atoms. The molecule has 1 aromatic heterocycles. The van der Waals surface area contributed by atoms with Crippen LogP contribution in [0.15, 0.2) is 39.9 Å². The number of Topliss-reactive ketones (excluding diaryl/α,β-unsaturated/α-hetero) is 1. The first kappa shape index (κ1) is 11.3. The molecule has 1 aromatic carbocycles. The Hall–Kier alpha value is -0.770. The minimum Gasteiger partial charge on any atom is -0.294 e. The minimum absolute atomic E-state index is 0.192. The third kappa shape index (κ3) is 2.15. The second-order valence-electron chi connectivity index (χ2n) is 3.93. The summed E-state index contributed by atoms with van der Waals surface area (Å²) in [4.78, 5) is 13.1. The summed E-state index contributed by atoms with van der Waals surface area (Å²) in [6.45, 7) is 0. The van der Waals surface area contributed by atoms with Gasteiger partial charge in [0, 0.05) is 27.2 Å². The van der Waals surface area contributed by atoms with E-state index >= 15 is 0 Å². The lowest BCUT2D eigenvalue weighted by Crippen LogP contribution is -2.11. The van der Waals surface area contributed by atoms with Crippen LogP contribution in [-0.2, 0) is 0 Å². The van der Waals surface area contributed by atoms with Crippen molar-refractivity contribution in [2.45, 2.75) is 16.6 Å². The third-order valence-corrected chi connectivity index (χ3v) is 5.07. The molecule has 1 unspecified atom stereocenters. The van der Waals surface area contributed by atoms with Gasteiger partial charge in [-0.1, -0.05) is 11.6 Å². The molecule has 3 rings (SSSR count). The van der Waals surface area contributed by atoms with Crippen LogP contribution in [-0.4, -0.2) is 5.78 Å². The molecule has 1 aliphatic rings. The standard InChI is InChI=1S/C13H9ClOS2/c14-9-1-2-12-10(5-9)11(15)6-13(17-12)8-3-4-16-7-8/h1-5,7,13H,6H2. The molecule has 1 nitrogen and oxygen atoms in total. The quantitative estimate of drug-likeness (QED) is 0.745. The zero-order valence-corrected chi connectivity index (χ0v) is 11.2. The number of rotatable bonds is 1. The van der Waals surface area contributed by atoms with Gasteiger partial charge < -0.3 is 0 Å². The van der Waals surface area contributed by atoms with Gasteiger partial charge in [0.25, 0.3) is 0 Å². The van der Waals surface area contributed by atoms with Crippen LogP contribution in [0.2, 0.25) is 5.02 Å². The van der Waals surface area contributed by atoms with Crippen molar-refractivity contribution in [1.82, 2.24) is 0 Å². The molecule has 86 valence electrons. The molecule has 0 saturated carbocycles. The summed E-state index contributed by atoms with van der Waals surface area (Å²) in [6, 6.07) is 7.65. The first-order valence-corrected chi connectivity index (χ1v) is 7.45. The molecular formula is C13H9ClOS2. The first-order valence-electron chi connectivity index (χ1n) is 5.25. The average molecular weight is 281 g/mol. The topological polar surface area (TPSA) is 17.1 Å². The van der Waals surface area contributed by atoms with Crippen LogP contribution in [0.5, 0.6) is 0 Å². The average Bonchev–Trinajstić information content (AvgIpc) is 2.83. The van der Waals surface area contributed by atoms with Gasteiger partial charge in [0.15, 0.2) is 5.78 Å². The first-order chi connectivity index (χ1) is 8.24. The summed E-state index contributed by atoms with van der Waals surface area (Å²) in [5.41, 5.74) is 2.02. The van der Waals surface area contributed by atoms with Crippen molar-refractivity contribution in [2.24, 2.45) is 0 Å². The van der Waals surface area contributed by atoms with Gasteiger partial charge in [0.2, 0.25) is 0 Å². The molecule has 0 radical (unpaired) electrons. The van der Waals surface area contributed by atoms with Gasteiger partial charge in [-0.05, 0) is 40.6 Å². The van der Waals surface area contributed by atoms with E-state index in [1.807, 2.05) is 12.1 Å². The molecule has 1 aliphatic heterocycles. The highest BCUT2D eigenvalue weighted by molar-refractivity contribution is 7.99. The number of hydrogen-bond acceptors (Lipinski definition) is 3. The predicted molar refractivity (Wildman–Crippen MR) is 73.3 cm³/mol. The molecule has 2 aromatic rings. The number of hydrogen-bond donors (Lipinski definition) is 0. The van der Waals surface area contributed by atoms with E-state index in [0.29, 0.717) is 11.4 Å². The van der Waals surface area contributed by atoms with Gasteiger partial charge in [-0.2, -0.15) is 11.3 Å². The van der Waals surface area contributed by atoms with Crippen molar-refractivity contribution < 1.29 is 4.79 Å². The Morgan fingerprint density at radius 2 is 2.18 bits per heavy atom. The van der Waals surface area contributed by atoms with Crippen molar-refractivity contribution in [3.63, 3.8) is 0 Å². The Morgan fingerprint density at radius 3 is 2.94 bits per heavy atom. The SMILES string of the molecule is O=C1CC(c2ccsc2)Sc2ccc(Cl)cc21. The number of fused-ring (bicyclic) bond motifs is 1. The van der Waals surface area contributed by atoms with Crippen LogP contribution in [0.25, 0.3) is 0 Å². The highest BCUT2D eigenvalue weighted by atomic mass is 35.5. The molecule has 4 heteroatoms. The fourth-order valence-electron chi connectivity index (χ4n) is 1.94. The lowest BCUT2D eigenvalue weighted by Gasteiger charge is -2.22. The molecule has 0 fully saturated rings. The lowest BCUT2D eigenvalue weighted by molar-refractivity contribution is 0.0976. The molecule has 17 heavy (non-hydrogen) atoms. The second-order valence-corrected chi connectivity index (χ2v) is 6.39. The van der Waals surface area contributed by atoms with Gasteiger partial charge in [-0.15, -0.1) is 11.8 Å². The van der Waals surface area contributed by atoms with E-state index in [1.165, 1.54) is 5.56 Å². The minimum atomic E-state index is 0.192. The van der Waals surface area contributed by atoms with Crippen LogP contribution >= 0.6 is 34.7 Å². The van der Waals surface area contributed by atoms with Gasteiger partial charge in [-0.25, -0.2) is 0 Å². The van der Waals surface area contributed by atoms with Crippen molar-refractivity contribution in [2.75, 3.05) is 0 Å². The fraction of sp³-hybridized carbons (Fsp3) is 0.154. The fourth-order valence-corrected chi connectivity index (χ4v) is 4.18. The number of carbonyl (C=O) groups is 1. The lowest BCUT2D eigenvalue weighted by atomic mass is 10.0. The van der Waals surface area contributed by atoms with E-state index in [-0.39, 0.29) is 11.0 Å². The summed E-state index contributed by atoms with van der Waals surface area (Å²) in [5.74, 6) is 0.192. The van der Waals surface area contributed by atoms with Gasteiger partial charge in [0.1, 0.15) is 0 Å². The Bertz CT molecular complexity index is 563. The van der Waals surface area contributed by atoms with Crippen LogP contribution in [0.1, 0.15) is 27.6 Å². The van der Waals surface area contributed by atoms with E-state index in [9.17, 15) is 4.79 Å². The Labute approximate surface area is 113 Å². The van der Waals surface area contributed by atoms with E-state index < -0.39 is 0 Å². The maximum absolute atomic E-state index is 12.1. The van der Waals surface area contributed by atoms with E-state index in [0.717, 1.165) is 10.5 Å². The number of carbonyl (C=O) groups excluding carboxylic acids is 1. The molecule has 2 heterocycles. The molecule has 0 N–H and O–H groups in total. The van der Waals surface area contributed by atoms with Crippen molar-refractivity contribution in [1.29, 1.82) is 0 Å². The maximum atomic E-state index is 12.1. The molecule has 1 atom stereocenters. The normalized spacial score (nSPS) is 19.1. The smallest absolute Gasteiger partial charge is 0.165 e. The van der Waals surface area contributed by atoms with E-state index in [2.05, 4.69) is 16.8 Å². The van der Waals surface area contributed by atoms with Crippen LogP contribution in [0, 0.1) is 0 Å². The highest BCUT2D eigenvalue weighted by Crippen LogP contribution is 2.45. The summed E-state index contributed by atoms with van der Waals surface area (Å²) < 4.78 is 0. The summed E-state index contributed by atoms with van der Waals surface area (Å²) in [5, 5.41) is 5.05. The monoisotopic (exact) mass is 280 g/mol. The van der Waals surface area contributed by atoms with Crippen molar-refractivity contribution in [3.8, 4) is 0 Å². The maximum Gasteiger partial charge on any atom is 0.165 e. The Morgan fingerprint density at radius 1 is 1.29 bits per heavy atom. The van der Waals surface area contributed by atoms with Crippen molar-refractivity contribution >= 4 is 40.5 Å². The summed E-state index contributed by atoms with van der Waals surface area (Å²) >= 11 is 9.34. The largest absolute Gasteiger partial charge is 0.294 e. The van der Waals surface area contributed by atoms with Crippen LogP contribution in [0.3, 0.4) is 0 Å². The van der Waals surface area contributed by atoms with E-state index in [1.54, 1.807) is 29.2 Å². The van der Waals surface area contributed by atoms with Gasteiger partial charge >= 0.3 is 0 Å². The molecule has 0 amide bonds. The zero-order chi connectivity index (χ0) is 11.8. The Balaban J connectivity index is 1.99. The second kappa shape index (κ2) is 4.48. The van der Waals surface area contributed by atoms with Gasteiger partial charge in [0.05, 0.1) is 0 Å². The number of halogens is 1. The third-order valence-electron chi connectivity index (χ3n) is 2.80. The Kier molecular flexibility index (Phi) is 2.99. The molecule has 0 spiro atoms. The van der Waals surface area contributed by atoms with Crippen molar-refractivity contribution in [3.05, 3.63) is 51.2 Å². The van der Waals surface area contributed by atoms with E-state index in [4.69, 9.17) is 11.6 Å². The number of thiophene rings is 1. The molecular weight excluding hydrogens is 272 g/mol.